The highest BCUT2D eigenvalue weighted by atomic mass is 35.5. The second-order valence-corrected chi connectivity index (χ2v) is 4.64. The molecule has 0 saturated heterocycles. The van der Waals surface area contributed by atoms with Gasteiger partial charge in [0, 0.05) is 16.3 Å². The van der Waals surface area contributed by atoms with Gasteiger partial charge in [-0.1, -0.05) is 17.7 Å². The summed E-state index contributed by atoms with van der Waals surface area (Å²) in [6, 6.07) is 11.1. The number of aryl methyl sites for hydroxylation is 1. The first kappa shape index (κ1) is 11.1. The van der Waals surface area contributed by atoms with E-state index in [4.69, 9.17) is 21.8 Å². The molecule has 1 heterocycles. The SMILES string of the molecule is Cc1ccc(Cl)cc1-c1nc2cc(N)ccc2o1. The average molecular weight is 259 g/mol. The Morgan fingerprint density at radius 1 is 1.17 bits per heavy atom. The van der Waals surface area contributed by atoms with Crippen LogP contribution in [0.15, 0.2) is 40.8 Å². The van der Waals surface area contributed by atoms with Crippen LogP contribution in [0.5, 0.6) is 0 Å². The summed E-state index contributed by atoms with van der Waals surface area (Å²) in [4.78, 5) is 4.44. The lowest BCUT2D eigenvalue weighted by atomic mass is 10.1. The number of nitrogens with two attached hydrogens (primary N) is 1. The van der Waals surface area contributed by atoms with Crippen molar-refractivity contribution in [3.63, 3.8) is 0 Å². The fourth-order valence-electron chi connectivity index (χ4n) is 1.88. The Morgan fingerprint density at radius 3 is 2.83 bits per heavy atom. The third-order valence-electron chi connectivity index (χ3n) is 2.84. The number of hydrogen-bond donors (Lipinski definition) is 1. The van der Waals surface area contributed by atoms with E-state index in [2.05, 4.69) is 4.98 Å². The summed E-state index contributed by atoms with van der Waals surface area (Å²) in [5.41, 5.74) is 9.84. The summed E-state index contributed by atoms with van der Waals surface area (Å²) < 4.78 is 5.72. The van der Waals surface area contributed by atoms with Crippen LogP contribution in [-0.4, -0.2) is 4.98 Å². The molecule has 0 bridgehead atoms. The van der Waals surface area contributed by atoms with E-state index in [0.29, 0.717) is 16.6 Å². The van der Waals surface area contributed by atoms with E-state index < -0.39 is 0 Å². The van der Waals surface area contributed by atoms with Crippen LogP contribution >= 0.6 is 11.6 Å². The zero-order valence-corrected chi connectivity index (χ0v) is 10.5. The molecule has 2 aromatic carbocycles. The van der Waals surface area contributed by atoms with Gasteiger partial charge in [0.25, 0.3) is 0 Å². The van der Waals surface area contributed by atoms with E-state index in [9.17, 15) is 0 Å². The Labute approximate surface area is 109 Å². The third-order valence-corrected chi connectivity index (χ3v) is 3.08. The number of halogens is 1. The van der Waals surface area contributed by atoms with Gasteiger partial charge in [-0.3, -0.25) is 0 Å². The lowest BCUT2D eigenvalue weighted by Crippen LogP contribution is -1.83. The van der Waals surface area contributed by atoms with Gasteiger partial charge < -0.3 is 10.2 Å². The van der Waals surface area contributed by atoms with Crippen molar-refractivity contribution >= 4 is 28.4 Å². The first-order valence-electron chi connectivity index (χ1n) is 5.56. The predicted molar refractivity (Wildman–Crippen MR) is 73.6 cm³/mol. The first-order valence-corrected chi connectivity index (χ1v) is 5.94. The summed E-state index contributed by atoms with van der Waals surface area (Å²) in [6.45, 7) is 1.99. The van der Waals surface area contributed by atoms with Crippen molar-refractivity contribution in [3.8, 4) is 11.5 Å². The number of aromatic nitrogens is 1. The highest BCUT2D eigenvalue weighted by molar-refractivity contribution is 6.30. The molecule has 3 rings (SSSR count). The first-order chi connectivity index (χ1) is 8.63. The molecule has 2 N–H and O–H groups in total. The Balaban J connectivity index is 2.22. The molecule has 0 aliphatic carbocycles. The summed E-state index contributed by atoms with van der Waals surface area (Å²) in [5, 5.41) is 0.664. The summed E-state index contributed by atoms with van der Waals surface area (Å²) in [5.74, 6) is 0.565. The molecule has 0 radical (unpaired) electrons. The number of rotatable bonds is 1. The van der Waals surface area contributed by atoms with Crippen LogP contribution in [0.2, 0.25) is 5.02 Å². The number of nitrogen functional groups attached to an aromatic ring is 1. The third kappa shape index (κ3) is 1.83. The number of benzene rings is 2. The van der Waals surface area contributed by atoms with Gasteiger partial charge in [0.15, 0.2) is 5.58 Å². The van der Waals surface area contributed by atoms with Crippen molar-refractivity contribution in [3.05, 3.63) is 47.0 Å². The number of hydrogen-bond acceptors (Lipinski definition) is 3. The van der Waals surface area contributed by atoms with E-state index in [0.717, 1.165) is 22.2 Å². The second kappa shape index (κ2) is 4.03. The number of fused-ring (bicyclic) bond motifs is 1. The molecule has 0 spiro atoms. The van der Waals surface area contributed by atoms with E-state index in [1.165, 1.54) is 0 Å². The lowest BCUT2D eigenvalue weighted by Gasteiger charge is -2.00. The Kier molecular flexibility index (Phi) is 2.49. The van der Waals surface area contributed by atoms with Crippen molar-refractivity contribution < 1.29 is 4.42 Å². The van der Waals surface area contributed by atoms with Gasteiger partial charge in [0.1, 0.15) is 5.52 Å². The average Bonchev–Trinajstić information content (AvgIpc) is 2.74. The van der Waals surface area contributed by atoms with Crippen LogP contribution in [-0.2, 0) is 0 Å². The van der Waals surface area contributed by atoms with E-state index in [1.807, 2.05) is 31.2 Å². The molecular formula is C14H11ClN2O. The fraction of sp³-hybridized carbons (Fsp3) is 0.0714. The van der Waals surface area contributed by atoms with Gasteiger partial charge in [0.05, 0.1) is 0 Å². The highest BCUT2D eigenvalue weighted by Gasteiger charge is 2.11. The van der Waals surface area contributed by atoms with Gasteiger partial charge in [-0.2, -0.15) is 0 Å². The number of nitrogens with zero attached hydrogens (tertiary/aromatic N) is 1. The minimum atomic E-state index is 0.565. The monoisotopic (exact) mass is 258 g/mol. The zero-order valence-electron chi connectivity index (χ0n) is 9.77. The standard InChI is InChI=1S/C14H11ClN2O/c1-8-2-3-9(15)6-11(8)14-17-12-7-10(16)4-5-13(12)18-14/h2-7H,16H2,1H3. The molecule has 0 atom stereocenters. The van der Waals surface area contributed by atoms with Gasteiger partial charge >= 0.3 is 0 Å². The van der Waals surface area contributed by atoms with E-state index in [1.54, 1.807) is 12.1 Å². The predicted octanol–water partition coefficient (Wildman–Crippen LogP) is 4.04. The Bertz CT molecular complexity index is 734. The Morgan fingerprint density at radius 2 is 2.00 bits per heavy atom. The maximum atomic E-state index is 6.00. The molecule has 0 fully saturated rings. The van der Waals surface area contributed by atoms with Crippen molar-refractivity contribution in [2.75, 3.05) is 5.73 Å². The number of anilines is 1. The van der Waals surface area contributed by atoms with Crippen LogP contribution in [0.1, 0.15) is 5.56 Å². The molecule has 0 aliphatic heterocycles. The summed E-state index contributed by atoms with van der Waals surface area (Å²) in [6.07, 6.45) is 0. The Hall–Kier alpha value is -2.00. The minimum Gasteiger partial charge on any atom is -0.436 e. The fourth-order valence-corrected chi connectivity index (χ4v) is 2.06. The molecule has 3 nitrogen and oxygen atoms in total. The van der Waals surface area contributed by atoms with Crippen LogP contribution in [0.25, 0.3) is 22.6 Å². The quantitative estimate of drug-likeness (QED) is 0.670. The summed E-state index contributed by atoms with van der Waals surface area (Å²) in [7, 11) is 0. The normalized spacial score (nSPS) is 11.0. The van der Waals surface area contributed by atoms with Crippen LogP contribution in [0, 0.1) is 6.92 Å². The van der Waals surface area contributed by atoms with Crippen molar-refractivity contribution in [2.24, 2.45) is 0 Å². The van der Waals surface area contributed by atoms with Crippen molar-refractivity contribution in [1.29, 1.82) is 0 Å². The maximum absolute atomic E-state index is 6.00. The molecule has 90 valence electrons. The van der Waals surface area contributed by atoms with Crippen LogP contribution < -0.4 is 5.73 Å². The van der Waals surface area contributed by atoms with Crippen LogP contribution in [0.4, 0.5) is 5.69 Å². The molecule has 18 heavy (non-hydrogen) atoms. The highest BCUT2D eigenvalue weighted by Crippen LogP contribution is 2.29. The lowest BCUT2D eigenvalue weighted by molar-refractivity contribution is 0.619. The molecule has 3 aromatic rings. The summed E-state index contributed by atoms with van der Waals surface area (Å²) >= 11 is 6.00. The molecule has 0 unspecified atom stereocenters. The van der Waals surface area contributed by atoms with Gasteiger partial charge in [-0.25, -0.2) is 4.98 Å². The van der Waals surface area contributed by atoms with E-state index in [-0.39, 0.29) is 0 Å². The van der Waals surface area contributed by atoms with Crippen LogP contribution in [0.3, 0.4) is 0 Å². The largest absolute Gasteiger partial charge is 0.436 e. The van der Waals surface area contributed by atoms with Crippen molar-refractivity contribution in [2.45, 2.75) is 6.92 Å². The number of oxazole rings is 1. The van der Waals surface area contributed by atoms with Gasteiger partial charge in [-0.05, 0) is 42.8 Å². The van der Waals surface area contributed by atoms with E-state index >= 15 is 0 Å². The molecule has 0 aliphatic rings. The molecule has 0 amide bonds. The topological polar surface area (TPSA) is 52.0 Å². The minimum absolute atomic E-state index is 0.565. The molecule has 4 heteroatoms. The van der Waals surface area contributed by atoms with Gasteiger partial charge in [0.2, 0.25) is 5.89 Å². The zero-order chi connectivity index (χ0) is 12.7. The smallest absolute Gasteiger partial charge is 0.227 e. The van der Waals surface area contributed by atoms with Crippen molar-refractivity contribution in [1.82, 2.24) is 4.98 Å². The van der Waals surface area contributed by atoms with Gasteiger partial charge in [-0.15, -0.1) is 0 Å². The molecule has 0 saturated carbocycles. The molecular weight excluding hydrogens is 248 g/mol. The maximum Gasteiger partial charge on any atom is 0.227 e. The molecule has 1 aromatic heterocycles. The second-order valence-electron chi connectivity index (χ2n) is 4.21.